The van der Waals surface area contributed by atoms with Crippen molar-refractivity contribution in [2.45, 2.75) is 72.0 Å². The van der Waals surface area contributed by atoms with E-state index in [1.165, 1.54) is 13.2 Å². The summed E-state index contributed by atoms with van der Waals surface area (Å²) in [7, 11) is 1.46. The van der Waals surface area contributed by atoms with Crippen LogP contribution in [0, 0.1) is 17.7 Å². The number of hydrogen-bond acceptors (Lipinski definition) is 9. The second kappa shape index (κ2) is 14.1. The van der Waals surface area contributed by atoms with Crippen LogP contribution in [-0.2, 0) is 9.47 Å². The number of hydrogen-bond donors (Lipinski definition) is 0. The summed E-state index contributed by atoms with van der Waals surface area (Å²) in [5.41, 5.74) is 2.11. The Morgan fingerprint density at radius 2 is 1.48 bits per heavy atom. The molecule has 3 aliphatic heterocycles. The van der Waals surface area contributed by atoms with E-state index < -0.39 is 17.0 Å². The van der Waals surface area contributed by atoms with Gasteiger partial charge in [-0.05, 0) is 96.9 Å². The van der Waals surface area contributed by atoms with Crippen LogP contribution in [0.2, 0.25) is 0 Å². The minimum Gasteiger partial charge on any atom is -0.494 e. The number of carbonyl (C=O) groups excluding carboxylic acids is 2. The Morgan fingerprint density at radius 3 is 2.12 bits per heavy atom. The molecule has 2 atom stereocenters. The summed E-state index contributed by atoms with van der Waals surface area (Å²) >= 11 is 0. The third-order valence-corrected chi connectivity index (χ3v) is 9.70. The number of aromatic nitrogens is 2. The second-order valence-electron chi connectivity index (χ2n) is 15.7. The van der Waals surface area contributed by atoms with Gasteiger partial charge in [0.05, 0.1) is 18.3 Å². The van der Waals surface area contributed by atoms with Crippen molar-refractivity contribution in [2.75, 3.05) is 69.3 Å². The van der Waals surface area contributed by atoms with E-state index in [9.17, 15) is 9.59 Å². The van der Waals surface area contributed by atoms with Crippen LogP contribution < -0.4 is 14.5 Å². The molecule has 3 saturated heterocycles. The lowest BCUT2D eigenvalue weighted by molar-refractivity contribution is 0.0135. The molecular formula is C38H51FN6O5. The van der Waals surface area contributed by atoms with Gasteiger partial charge in [-0.1, -0.05) is 0 Å². The summed E-state index contributed by atoms with van der Waals surface area (Å²) in [5.74, 6) is 1.32. The van der Waals surface area contributed by atoms with Gasteiger partial charge in [0.1, 0.15) is 17.0 Å². The molecule has 0 saturated carbocycles. The molecule has 0 aliphatic carbocycles. The molecule has 3 aromatic rings. The molecule has 0 bridgehead atoms. The Kier molecular flexibility index (Phi) is 10.0. The van der Waals surface area contributed by atoms with Crippen molar-refractivity contribution in [3.05, 3.63) is 42.3 Å². The number of benzene rings is 1. The number of methoxy groups -OCH3 is 1. The highest BCUT2D eigenvalue weighted by molar-refractivity contribution is 5.95. The van der Waals surface area contributed by atoms with E-state index in [4.69, 9.17) is 24.2 Å². The van der Waals surface area contributed by atoms with Crippen molar-refractivity contribution >= 4 is 34.6 Å². The van der Waals surface area contributed by atoms with Gasteiger partial charge >= 0.3 is 12.2 Å². The maximum absolute atomic E-state index is 15.1. The van der Waals surface area contributed by atoms with Crippen molar-refractivity contribution in [3.8, 4) is 17.0 Å². The van der Waals surface area contributed by atoms with Gasteiger partial charge in [0.15, 0.2) is 11.6 Å². The van der Waals surface area contributed by atoms with Crippen LogP contribution in [0.4, 0.5) is 25.5 Å². The fraction of sp³-hybridized carbons (Fsp3) is 0.579. The summed E-state index contributed by atoms with van der Waals surface area (Å²) < 4.78 is 31.7. The van der Waals surface area contributed by atoms with Crippen LogP contribution in [0.15, 0.2) is 36.5 Å². The standard InChI is InChI=1S/C38H51FN6O5/c1-37(2,3)49-35(46)43-17-15-42(16-18-43)34-11-10-25(22-40-34)30-20-32(28-19-29(39)33(48-7)21-31(28)41-30)44-14-12-27(23-44)26-9-8-13-45(24-26)36(47)50-38(4,5)6/h10-11,19-22,26-27H,8-9,12-18,23-24H2,1-7H3. The molecule has 12 heteroatoms. The predicted octanol–water partition coefficient (Wildman–Crippen LogP) is 6.98. The van der Waals surface area contributed by atoms with Gasteiger partial charge in [0.25, 0.3) is 0 Å². The number of piperazine rings is 1. The number of fused-ring (bicyclic) bond motifs is 1. The molecule has 0 N–H and O–H groups in total. The number of ether oxygens (including phenoxy) is 3. The summed E-state index contributed by atoms with van der Waals surface area (Å²) in [6.07, 6.45) is 4.31. The molecule has 6 rings (SSSR count). The zero-order chi connectivity index (χ0) is 35.8. The third-order valence-electron chi connectivity index (χ3n) is 9.70. The summed E-state index contributed by atoms with van der Waals surface area (Å²) in [4.78, 5) is 43.2. The molecule has 2 unspecified atom stereocenters. The zero-order valence-electron chi connectivity index (χ0n) is 30.5. The van der Waals surface area contributed by atoms with E-state index >= 15 is 4.39 Å². The maximum atomic E-state index is 15.1. The van der Waals surface area contributed by atoms with E-state index in [0.29, 0.717) is 50.1 Å². The van der Waals surface area contributed by atoms with Crippen molar-refractivity contribution < 1.29 is 28.2 Å². The highest BCUT2D eigenvalue weighted by Gasteiger charge is 2.36. The lowest BCUT2D eigenvalue weighted by Crippen LogP contribution is -2.50. The normalized spacial score (nSPS) is 20.3. The fourth-order valence-corrected chi connectivity index (χ4v) is 7.22. The average Bonchev–Trinajstić information content (AvgIpc) is 3.57. The van der Waals surface area contributed by atoms with Gasteiger partial charge in [-0.15, -0.1) is 0 Å². The van der Waals surface area contributed by atoms with E-state index in [0.717, 1.165) is 67.0 Å². The minimum absolute atomic E-state index is 0.149. The molecular weight excluding hydrogens is 639 g/mol. The number of piperidine rings is 1. The van der Waals surface area contributed by atoms with E-state index in [1.807, 2.05) is 70.8 Å². The first-order valence-electron chi connectivity index (χ1n) is 17.8. The Hall–Kier alpha value is -4.35. The average molecular weight is 691 g/mol. The van der Waals surface area contributed by atoms with Gasteiger partial charge in [0, 0.05) is 81.3 Å². The van der Waals surface area contributed by atoms with Crippen molar-refractivity contribution in [1.82, 2.24) is 19.8 Å². The predicted molar refractivity (Wildman–Crippen MR) is 192 cm³/mol. The highest BCUT2D eigenvalue weighted by atomic mass is 19.1. The molecule has 3 aliphatic rings. The number of carbonyl (C=O) groups is 2. The first-order chi connectivity index (χ1) is 23.7. The van der Waals surface area contributed by atoms with Crippen LogP contribution in [0.3, 0.4) is 0 Å². The van der Waals surface area contributed by atoms with Gasteiger partial charge in [-0.25, -0.2) is 23.9 Å². The number of nitrogens with zero attached hydrogens (tertiary/aromatic N) is 6. The molecule has 1 aromatic carbocycles. The first kappa shape index (κ1) is 35.5. The van der Waals surface area contributed by atoms with Gasteiger partial charge in [-0.2, -0.15) is 0 Å². The number of likely N-dealkylation sites (tertiary alicyclic amines) is 1. The van der Waals surface area contributed by atoms with Crippen LogP contribution in [0.5, 0.6) is 5.75 Å². The Bertz CT molecular complexity index is 1700. The quantitative estimate of drug-likeness (QED) is 0.281. The minimum atomic E-state index is -0.529. The van der Waals surface area contributed by atoms with Crippen LogP contribution in [0.1, 0.15) is 60.8 Å². The molecule has 50 heavy (non-hydrogen) atoms. The number of rotatable bonds is 5. The van der Waals surface area contributed by atoms with Crippen molar-refractivity contribution in [3.63, 3.8) is 0 Å². The molecule has 0 spiro atoms. The maximum Gasteiger partial charge on any atom is 0.410 e. The van der Waals surface area contributed by atoms with Crippen LogP contribution in [0.25, 0.3) is 22.2 Å². The molecule has 2 amide bonds. The number of pyridine rings is 2. The molecule has 5 heterocycles. The molecule has 0 radical (unpaired) electrons. The highest BCUT2D eigenvalue weighted by Crippen LogP contribution is 2.39. The monoisotopic (exact) mass is 690 g/mol. The van der Waals surface area contributed by atoms with Crippen molar-refractivity contribution in [2.24, 2.45) is 11.8 Å². The molecule has 11 nitrogen and oxygen atoms in total. The second-order valence-corrected chi connectivity index (χ2v) is 15.7. The zero-order valence-corrected chi connectivity index (χ0v) is 30.5. The van der Waals surface area contributed by atoms with E-state index in [1.54, 1.807) is 11.0 Å². The number of halogens is 1. The smallest absolute Gasteiger partial charge is 0.410 e. The fourth-order valence-electron chi connectivity index (χ4n) is 7.22. The Morgan fingerprint density at radius 1 is 0.800 bits per heavy atom. The Balaban J connectivity index is 1.20. The van der Waals surface area contributed by atoms with Gasteiger partial charge < -0.3 is 33.8 Å². The number of anilines is 2. The lowest BCUT2D eigenvalue weighted by Gasteiger charge is -2.36. The van der Waals surface area contributed by atoms with Gasteiger partial charge in [-0.3, -0.25) is 0 Å². The topological polar surface area (TPSA) is 101 Å². The third kappa shape index (κ3) is 8.16. The number of amides is 2. The Labute approximate surface area is 294 Å². The summed E-state index contributed by atoms with van der Waals surface area (Å²) in [5, 5.41) is 0.735. The molecule has 2 aromatic heterocycles. The summed E-state index contributed by atoms with van der Waals surface area (Å²) in [6, 6.07) is 9.23. The van der Waals surface area contributed by atoms with Crippen LogP contribution in [-0.4, -0.2) is 103 Å². The lowest BCUT2D eigenvalue weighted by atomic mass is 9.85. The first-order valence-corrected chi connectivity index (χ1v) is 17.8. The van der Waals surface area contributed by atoms with Gasteiger partial charge in [0.2, 0.25) is 0 Å². The SMILES string of the molecule is COc1cc2nc(-c3ccc(N4CCN(C(=O)OC(C)(C)C)CC4)nc3)cc(N3CCC(C4CCCN(C(=O)OC(C)(C)C)C4)C3)c2cc1F. The molecule has 3 fully saturated rings. The van der Waals surface area contributed by atoms with Crippen LogP contribution >= 0.6 is 0 Å². The van der Waals surface area contributed by atoms with E-state index in [-0.39, 0.29) is 17.9 Å². The van der Waals surface area contributed by atoms with Crippen molar-refractivity contribution in [1.29, 1.82) is 0 Å². The molecule has 270 valence electrons. The van der Waals surface area contributed by atoms with E-state index in [2.05, 4.69) is 9.80 Å². The summed E-state index contributed by atoms with van der Waals surface area (Å²) in [6.45, 7) is 16.8. The largest absolute Gasteiger partial charge is 0.494 e.